The van der Waals surface area contributed by atoms with Crippen LogP contribution in [-0.2, 0) is 4.79 Å². The molecule has 1 aliphatic rings. The second-order valence-electron chi connectivity index (χ2n) is 4.73. The van der Waals surface area contributed by atoms with Crippen molar-refractivity contribution in [2.75, 3.05) is 25.0 Å². The molecular weight excluding hydrogens is 228 g/mol. The predicted octanol–water partition coefficient (Wildman–Crippen LogP) is 2.02. The van der Waals surface area contributed by atoms with Crippen molar-refractivity contribution in [1.29, 1.82) is 0 Å². The molecule has 1 aromatic rings. The van der Waals surface area contributed by atoms with Gasteiger partial charge in [-0.3, -0.25) is 4.79 Å². The van der Waals surface area contributed by atoms with E-state index in [9.17, 15) is 4.79 Å². The predicted molar refractivity (Wildman–Crippen MR) is 71.8 cm³/mol. The first-order valence-electron chi connectivity index (χ1n) is 6.45. The molecule has 1 fully saturated rings. The Hall–Kier alpha value is -1.55. The molecule has 4 nitrogen and oxygen atoms in total. The standard InChI is InChI=1S/C14H20N2O2/c1-11(17)16-13-5-2-6-14(8-13)18-10-12-4-3-7-15-9-12/h2,5-6,8,12,15H,3-4,7,9-10H2,1H3,(H,16,17). The van der Waals surface area contributed by atoms with Crippen LogP contribution in [-0.4, -0.2) is 25.6 Å². The van der Waals surface area contributed by atoms with Crippen LogP contribution in [0.1, 0.15) is 19.8 Å². The Kier molecular flexibility index (Phi) is 4.59. The van der Waals surface area contributed by atoms with Crippen LogP contribution in [0, 0.1) is 5.92 Å². The lowest BCUT2D eigenvalue weighted by Gasteiger charge is -2.22. The van der Waals surface area contributed by atoms with E-state index < -0.39 is 0 Å². The van der Waals surface area contributed by atoms with Gasteiger partial charge in [0.25, 0.3) is 0 Å². The van der Waals surface area contributed by atoms with E-state index in [-0.39, 0.29) is 5.91 Å². The number of nitrogens with one attached hydrogen (secondary N) is 2. The highest BCUT2D eigenvalue weighted by Crippen LogP contribution is 2.19. The number of hydrogen-bond donors (Lipinski definition) is 2. The summed E-state index contributed by atoms with van der Waals surface area (Å²) in [5.74, 6) is 1.33. The van der Waals surface area contributed by atoms with E-state index in [2.05, 4.69) is 10.6 Å². The van der Waals surface area contributed by atoms with Crippen LogP contribution in [0.5, 0.6) is 5.75 Å². The largest absolute Gasteiger partial charge is 0.493 e. The average Bonchev–Trinajstić information content (AvgIpc) is 2.37. The maximum absolute atomic E-state index is 11.0. The van der Waals surface area contributed by atoms with Crippen molar-refractivity contribution < 1.29 is 9.53 Å². The fourth-order valence-electron chi connectivity index (χ4n) is 2.15. The molecule has 0 saturated carbocycles. The average molecular weight is 248 g/mol. The summed E-state index contributed by atoms with van der Waals surface area (Å²) >= 11 is 0. The van der Waals surface area contributed by atoms with Crippen LogP contribution in [0.25, 0.3) is 0 Å². The van der Waals surface area contributed by atoms with Crippen molar-refractivity contribution in [3.8, 4) is 5.75 Å². The Morgan fingerprint density at radius 2 is 2.44 bits per heavy atom. The SMILES string of the molecule is CC(=O)Nc1cccc(OCC2CCCNC2)c1. The van der Waals surface area contributed by atoms with Crippen molar-refractivity contribution in [3.63, 3.8) is 0 Å². The van der Waals surface area contributed by atoms with Crippen LogP contribution < -0.4 is 15.4 Å². The van der Waals surface area contributed by atoms with Crippen molar-refractivity contribution in [3.05, 3.63) is 24.3 Å². The third-order valence-corrected chi connectivity index (χ3v) is 3.04. The zero-order chi connectivity index (χ0) is 12.8. The molecule has 1 unspecified atom stereocenters. The van der Waals surface area contributed by atoms with Gasteiger partial charge in [-0.25, -0.2) is 0 Å². The first kappa shape index (κ1) is 12.9. The molecule has 0 bridgehead atoms. The van der Waals surface area contributed by atoms with Crippen molar-refractivity contribution >= 4 is 11.6 Å². The van der Waals surface area contributed by atoms with Crippen LogP contribution >= 0.6 is 0 Å². The molecule has 0 radical (unpaired) electrons. The van der Waals surface area contributed by atoms with Crippen molar-refractivity contribution in [2.24, 2.45) is 5.92 Å². The summed E-state index contributed by atoms with van der Waals surface area (Å²) in [7, 11) is 0. The zero-order valence-corrected chi connectivity index (χ0v) is 10.7. The highest BCUT2D eigenvalue weighted by atomic mass is 16.5. The maximum Gasteiger partial charge on any atom is 0.221 e. The monoisotopic (exact) mass is 248 g/mol. The Bertz CT molecular complexity index is 401. The number of ether oxygens (including phenoxy) is 1. The summed E-state index contributed by atoms with van der Waals surface area (Å²) in [5.41, 5.74) is 0.779. The molecule has 0 aromatic heterocycles. The zero-order valence-electron chi connectivity index (χ0n) is 10.7. The highest BCUT2D eigenvalue weighted by Gasteiger charge is 2.13. The molecule has 1 aromatic carbocycles. The molecule has 1 aliphatic heterocycles. The summed E-state index contributed by atoms with van der Waals surface area (Å²) in [6.45, 7) is 4.39. The third-order valence-electron chi connectivity index (χ3n) is 3.04. The molecule has 4 heteroatoms. The number of rotatable bonds is 4. The lowest BCUT2D eigenvalue weighted by molar-refractivity contribution is -0.114. The summed E-state index contributed by atoms with van der Waals surface area (Å²) in [6, 6.07) is 7.52. The summed E-state index contributed by atoms with van der Waals surface area (Å²) < 4.78 is 5.78. The lowest BCUT2D eigenvalue weighted by Crippen LogP contribution is -2.33. The van der Waals surface area contributed by atoms with Gasteiger partial charge in [0.2, 0.25) is 5.91 Å². The number of piperidine rings is 1. The van der Waals surface area contributed by atoms with Gasteiger partial charge in [-0.15, -0.1) is 0 Å². The molecule has 1 atom stereocenters. The van der Waals surface area contributed by atoms with Crippen LogP contribution in [0.15, 0.2) is 24.3 Å². The summed E-state index contributed by atoms with van der Waals surface area (Å²) in [6.07, 6.45) is 2.44. The summed E-state index contributed by atoms with van der Waals surface area (Å²) in [4.78, 5) is 11.0. The van der Waals surface area contributed by atoms with Gasteiger partial charge in [0, 0.05) is 31.1 Å². The summed E-state index contributed by atoms with van der Waals surface area (Å²) in [5, 5.41) is 6.12. The molecule has 98 valence electrons. The minimum atomic E-state index is -0.0661. The molecule has 1 heterocycles. The Balaban J connectivity index is 1.86. The van der Waals surface area contributed by atoms with Gasteiger partial charge in [-0.1, -0.05) is 6.07 Å². The molecule has 1 amide bonds. The normalized spacial score (nSPS) is 19.3. The molecule has 2 rings (SSSR count). The smallest absolute Gasteiger partial charge is 0.221 e. The van der Waals surface area contributed by atoms with Gasteiger partial charge in [-0.05, 0) is 31.5 Å². The Labute approximate surface area is 108 Å². The second kappa shape index (κ2) is 6.40. The third kappa shape index (κ3) is 4.04. The lowest BCUT2D eigenvalue weighted by atomic mass is 10.0. The number of hydrogen-bond acceptors (Lipinski definition) is 3. The van der Waals surface area contributed by atoms with Crippen LogP contribution in [0.4, 0.5) is 5.69 Å². The molecular formula is C14H20N2O2. The molecule has 2 N–H and O–H groups in total. The minimum Gasteiger partial charge on any atom is -0.493 e. The van der Waals surface area contributed by atoms with Crippen molar-refractivity contribution in [2.45, 2.75) is 19.8 Å². The van der Waals surface area contributed by atoms with E-state index >= 15 is 0 Å². The highest BCUT2D eigenvalue weighted by molar-refractivity contribution is 5.88. The quantitative estimate of drug-likeness (QED) is 0.857. The topological polar surface area (TPSA) is 50.4 Å². The van der Waals surface area contributed by atoms with E-state index in [1.165, 1.54) is 19.8 Å². The number of benzene rings is 1. The van der Waals surface area contributed by atoms with Gasteiger partial charge in [0.1, 0.15) is 5.75 Å². The minimum absolute atomic E-state index is 0.0661. The van der Waals surface area contributed by atoms with E-state index in [1.807, 2.05) is 24.3 Å². The van der Waals surface area contributed by atoms with Crippen LogP contribution in [0.3, 0.4) is 0 Å². The molecule has 18 heavy (non-hydrogen) atoms. The van der Waals surface area contributed by atoms with E-state index in [0.29, 0.717) is 5.92 Å². The van der Waals surface area contributed by atoms with E-state index in [1.54, 1.807) is 0 Å². The number of amides is 1. The Morgan fingerprint density at radius 1 is 1.56 bits per heavy atom. The number of anilines is 1. The maximum atomic E-state index is 11.0. The second-order valence-corrected chi connectivity index (χ2v) is 4.73. The molecule has 0 aliphatic carbocycles. The van der Waals surface area contributed by atoms with Gasteiger partial charge < -0.3 is 15.4 Å². The Morgan fingerprint density at radius 3 is 3.17 bits per heavy atom. The van der Waals surface area contributed by atoms with Gasteiger partial charge in [0.15, 0.2) is 0 Å². The molecule has 1 saturated heterocycles. The van der Waals surface area contributed by atoms with Crippen molar-refractivity contribution in [1.82, 2.24) is 5.32 Å². The van der Waals surface area contributed by atoms with E-state index in [4.69, 9.17) is 4.74 Å². The first-order valence-corrected chi connectivity index (χ1v) is 6.45. The van der Waals surface area contributed by atoms with Gasteiger partial charge in [0.05, 0.1) is 6.61 Å². The number of carbonyl (C=O) groups is 1. The van der Waals surface area contributed by atoms with Gasteiger partial charge >= 0.3 is 0 Å². The van der Waals surface area contributed by atoms with E-state index in [0.717, 1.165) is 31.1 Å². The first-order chi connectivity index (χ1) is 8.74. The number of carbonyl (C=O) groups excluding carboxylic acids is 1. The fourth-order valence-corrected chi connectivity index (χ4v) is 2.15. The van der Waals surface area contributed by atoms with Gasteiger partial charge in [-0.2, -0.15) is 0 Å². The fraction of sp³-hybridized carbons (Fsp3) is 0.500. The van der Waals surface area contributed by atoms with Crippen LogP contribution in [0.2, 0.25) is 0 Å². The molecule has 0 spiro atoms.